The van der Waals surface area contributed by atoms with Gasteiger partial charge in [0.15, 0.2) is 0 Å². The second-order valence-electron chi connectivity index (χ2n) is 8.16. The average molecular weight is 424 g/mol. The lowest BCUT2D eigenvalue weighted by Crippen LogP contribution is -2.39. The van der Waals surface area contributed by atoms with Gasteiger partial charge in [-0.2, -0.15) is 0 Å². The quantitative estimate of drug-likeness (QED) is 0.537. The molecule has 29 heavy (non-hydrogen) atoms. The molecule has 1 aliphatic rings. The Morgan fingerprint density at radius 2 is 2.00 bits per heavy atom. The number of amides is 1. The number of benzene rings is 1. The van der Waals surface area contributed by atoms with Crippen molar-refractivity contribution in [3.8, 4) is 0 Å². The summed E-state index contributed by atoms with van der Waals surface area (Å²) in [6, 6.07) is 5.40. The van der Waals surface area contributed by atoms with E-state index in [4.69, 9.17) is 0 Å². The van der Waals surface area contributed by atoms with Crippen molar-refractivity contribution >= 4 is 27.3 Å². The monoisotopic (exact) mass is 423 g/mol. The molecule has 1 aromatic carbocycles. The minimum atomic E-state index is -3.70. The zero-order chi connectivity index (χ0) is 21.4. The summed E-state index contributed by atoms with van der Waals surface area (Å²) in [4.78, 5) is 14.7. The van der Waals surface area contributed by atoms with Crippen LogP contribution in [0.1, 0.15) is 79.1 Å². The maximum absolute atomic E-state index is 13.2. The molecular weight excluding hydrogens is 386 g/mol. The highest BCUT2D eigenvalue weighted by atomic mass is 32.2. The van der Waals surface area contributed by atoms with E-state index in [0.29, 0.717) is 18.5 Å². The van der Waals surface area contributed by atoms with Crippen LogP contribution in [0.2, 0.25) is 0 Å². The minimum absolute atomic E-state index is 0.0734. The van der Waals surface area contributed by atoms with Crippen LogP contribution < -0.4 is 14.9 Å². The second kappa shape index (κ2) is 11.0. The Hall–Kier alpha value is -1.60. The molecule has 1 fully saturated rings. The number of nitrogens with zero attached hydrogens (tertiary/aromatic N) is 1. The smallest absolute Gasteiger partial charge is 0.242 e. The fourth-order valence-corrected chi connectivity index (χ4v) is 5.24. The van der Waals surface area contributed by atoms with E-state index in [9.17, 15) is 13.2 Å². The summed E-state index contributed by atoms with van der Waals surface area (Å²) in [6.45, 7) is 8.89. The summed E-state index contributed by atoms with van der Waals surface area (Å²) in [5, 5.41) is 2.87. The molecule has 7 heteroatoms. The molecule has 0 aliphatic carbocycles. The number of hydrogen-bond acceptors (Lipinski definition) is 4. The number of unbranched alkanes of at least 4 members (excludes halogenated alkanes) is 2. The summed E-state index contributed by atoms with van der Waals surface area (Å²) in [5.74, 6) is -0.0734. The molecule has 2 N–H and O–H groups in total. The van der Waals surface area contributed by atoms with Crippen molar-refractivity contribution < 1.29 is 13.2 Å². The first-order valence-electron chi connectivity index (χ1n) is 11.0. The second-order valence-corrected chi connectivity index (χ2v) is 9.84. The van der Waals surface area contributed by atoms with Gasteiger partial charge in [0.1, 0.15) is 4.90 Å². The fraction of sp³-hybridized carbons (Fsp3) is 0.682. The van der Waals surface area contributed by atoms with Crippen LogP contribution in [0.25, 0.3) is 0 Å². The Labute approximate surface area is 176 Å². The molecule has 0 aromatic heterocycles. The van der Waals surface area contributed by atoms with Gasteiger partial charge >= 0.3 is 0 Å². The Bertz CT molecular complexity index is 780. The van der Waals surface area contributed by atoms with Crippen LogP contribution in [-0.4, -0.2) is 33.0 Å². The lowest BCUT2D eigenvalue weighted by molar-refractivity contribution is -0.116. The third-order valence-corrected chi connectivity index (χ3v) is 7.24. The van der Waals surface area contributed by atoms with Gasteiger partial charge in [-0.1, -0.05) is 26.7 Å². The molecule has 1 aliphatic heterocycles. The van der Waals surface area contributed by atoms with E-state index in [1.165, 1.54) is 0 Å². The summed E-state index contributed by atoms with van der Waals surface area (Å²) >= 11 is 0. The Balaban J connectivity index is 2.34. The average Bonchev–Trinajstić information content (AvgIpc) is 2.68. The van der Waals surface area contributed by atoms with Gasteiger partial charge in [0.05, 0.1) is 5.69 Å². The number of anilines is 2. The van der Waals surface area contributed by atoms with E-state index in [1.54, 1.807) is 6.07 Å². The largest absolute Gasteiger partial charge is 0.368 e. The van der Waals surface area contributed by atoms with Crippen LogP contribution in [0.5, 0.6) is 0 Å². The van der Waals surface area contributed by atoms with Gasteiger partial charge in [-0.3, -0.25) is 4.79 Å². The summed E-state index contributed by atoms with van der Waals surface area (Å²) in [6.07, 6.45) is 7.34. The number of carbonyl (C=O) groups is 1. The summed E-state index contributed by atoms with van der Waals surface area (Å²) < 4.78 is 29.1. The molecule has 0 unspecified atom stereocenters. The fourth-order valence-electron chi connectivity index (χ4n) is 3.67. The molecule has 1 aromatic rings. The number of sulfonamides is 1. The molecule has 2 atom stereocenters. The van der Waals surface area contributed by atoms with Gasteiger partial charge in [-0.15, -0.1) is 0 Å². The zero-order valence-electron chi connectivity index (χ0n) is 18.3. The normalized spacial score (nSPS) is 18.5. The van der Waals surface area contributed by atoms with Crippen LogP contribution >= 0.6 is 0 Å². The molecule has 0 bridgehead atoms. The van der Waals surface area contributed by atoms with Gasteiger partial charge in [0.25, 0.3) is 0 Å². The first kappa shape index (κ1) is 23.7. The topological polar surface area (TPSA) is 78.5 Å². The molecule has 164 valence electrons. The van der Waals surface area contributed by atoms with E-state index in [-0.39, 0.29) is 22.9 Å². The van der Waals surface area contributed by atoms with Crippen LogP contribution in [0.15, 0.2) is 23.1 Å². The first-order chi connectivity index (χ1) is 13.8. The lowest BCUT2D eigenvalue weighted by Gasteiger charge is -2.36. The SMILES string of the molecule is CCCCCC(=O)Nc1ccc(N2CCCC[C@@H]2C)c(S(=O)(=O)N[C@H](C)CC)c1. The molecule has 0 radical (unpaired) electrons. The van der Waals surface area contributed by atoms with Gasteiger partial charge in [0.2, 0.25) is 15.9 Å². The standard InChI is InChI=1S/C22H37N3O3S/c1-5-7-8-12-22(26)23-19-13-14-20(25-15-10-9-11-18(25)4)21(16-19)29(27,28)24-17(3)6-2/h13-14,16-18,24H,5-12,15H2,1-4H3,(H,23,26)/t17-,18+/m1/s1. The van der Waals surface area contributed by atoms with Crippen LogP contribution in [0.4, 0.5) is 11.4 Å². The predicted molar refractivity (Wildman–Crippen MR) is 120 cm³/mol. The predicted octanol–water partition coefficient (Wildman–Crippen LogP) is 4.66. The Morgan fingerprint density at radius 3 is 2.66 bits per heavy atom. The third kappa shape index (κ3) is 6.71. The third-order valence-electron chi connectivity index (χ3n) is 5.62. The van der Waals surface area contributed by atoms with Crippen LogP contribution in [0.3, 0.4) is 0 Å². The highest BCUT2D eigenvalue weighted by Crippen LogP contribution is 2.33. The zero-order valence-corrected chi connectivity index (χ0v) is 19.1. The Morgan fingerprint density at radius 1 is 1.24 bits per heavy atom. The molecule has 0 saturated carbocycles. The molecule has 1 amide bonds. The summed E-state index contributed by atoms with van der Waals surface area (Å²) in [5.41, 5.74) is 1.25. The van der Waals surface area contributed by atoms with Crippen LogP contribution in [-0.2, 0) is 14.8 Å². The maximum atomic E-state index is 13.2. The van der Waals surface area contributed by atoms with E-state index in [1.807, 2.05) is 26.0 Å². The molecule has 2 rings (SSSR count). The molecular formula is C22H37N3O3S. The highest BCUT2D eigenvalue weighted by molar-refractivity contribution is 7.89. The highest BCUT2D eigenvalue weighted by Gasteiger charge is 2.27. The van der Waals surface area contributed by atoms with E-state index >= 15 is 0 Å². The van der Waals surface area contributed by atoms with Gasteiger partial charge in [0, 0.05) is 30.7 Å². The molecule has 1 heterocycles. The van der Waals surface area contributed by atoms with Gasteiger partial charge in [-0.25, -0.2) is 13.1 Å². The van der Waals surface area contributed by atoms with Crippen molar-refractivity contribution in [1.29, 1.82) is 0 Å². The lowest BCUT2D eigenvalue weighted by atomic mass is 10.0. The van der Waals surface area contributed by atoms with Gasteiger partial charge in [-0.05, 0) is 64.2 Å². The number of hydrogen-bond donors (Lipinski definition) is 2. The van der Waals surface area contributed by atoms with Crippen molar-refractivity contribution in [3.05, 3.63) is 18.2 Å². The number of rotatable bonds is 10. The maximum Gasteiger partial charge on any atom is 0.242 e. The minimum Gasteiger partial charge on any atom is -0.368 e. The van der Waals surface area contributed by atoms with Crippen molar-refractivity contribution in [3.63, 3.8) is 0 Å². The Kier molecular flexibility index (Phi) is 8.96. The van der Waals surface area contributed by atoms with Gasteiger partial charge < -0.3 is 10.2 Å². The number of nitrogens with one attached hydrogen (secondary N) is 2. The van der Waals surface area contributed by atoms with Crippen molar-refractivity contribution in [2.45, 2.75) is 96.0 Å². The van der Waals surface area contributed by atoms with E-state index < -0.39 is 10.0 Å². The van der Waals surface area contributed by atoms with E-state index in [2.05, 4.69) is 28.8 Å². The van der Waals surface area contributed by atoms with E-state index in [0.717, 1.165) is 50.8 Å². The number of piperidine rings is 1. The van der Waals surface area contributed by atoms with Crippen molar-refractivity contribution in [2.24, 2.45) is 0 Å². The molecule has 0 spiro atoms. The van der Waals surface area contributed by atoms with Crippen LogP contribution in [0, 0.1) is 0 Å². The summed E-state index contributed by atoms with van der Waals surface area (Å²) in [7, 11) is -3.70. The molecule has 6 nitrogen and oxygen atoms in total. The van der Waals surface area contributed by atoms with Crippen molar-refractivity contribution in [2.75, 3.05) is 16.8 Å². The van der Waals surface area contributed by atoms with Crippen molar-refractivity contribution in [1.82, 2.24) is 4.72 Å². The number of carbonyl (C=O) groups excluding carboxylic acids is 1. The first-order valence-corrected chi connectivity index (χ1v) is 12.5. The molecule has 1 saturated heterocycles.